The van der Waals surface area contributed by atoms with Gasteiger partial charge in [0.15, 0.2) is 0 Å². The molecular weight excluding hydrogens is 169 g/mol. The van der Waals surface area contributed by atoms with Gasteiger partial charge in [0.05, 0.1) is 0 Å². The summed E-state index contributed by atoms with van der Waals surface area (Å²) >= 11 is 0. The van der Waals surface area contributed by atoms with Crippen LogP contribution in [0.15, 0.2) is 18.2 Å². The van der Waals surface area contributed by atoms with Gasteiger partial charge < -0.3 is 10.8 Å². The zero-order valence-electron chi connectivity index (χ0n) is 7.63. The maximum atomic E-state index is 12.8. The molecule has 0 radical (unpaired) electrons. The van der Waals surface area contributed by atoms with Gasteiger partial charge in [-0.3, -0.25) is 0 Å². The van der Waals surface area contributed by atoms with Crippen molar-refractivity contribution in [1.29, 1.82) is 0 Å². The van der Waals surface area contributed by atoms with Crippen molar-refractivity contribution < 1.29 is 9.50 Å². The molecule has 1 unspecified atom stereocenters. The molecule has 1 aromatic rings. The van der Waals surface area contributed by atoms with Crippen molar-refractivity contribution in [1.82, 2.24) is 0 Å². The van der Waals surface area contributed by atoms with E-state index in [-0.39, 0.29) is 11.8 Å². The molecule has 1 rings (SSSR count). The Labute approximate surface area is 77.2 Å². The number of rotatable bonds is 3. The van der Waals surface area contributed by atoms with Crippen molar-refractivity contribution in [3.8, 4) is 5.75 Å². The second kappa shape index (κ2) is 4.23. The minimum absolute atomic E-state index is 0.0281. The molecule has 13 heavy (non-hydrogen) atoms. The lowest BCUT2D eigenvalue weighted by molar-refractivity contribution is 0.467. The van der Waals surface area contributed by atoms with Crippen molar-refractivity contribution in [2.45, 2.75) is 25.8 Å². The molecule has 0 aliphatic carbocycles. The monoisotopic (exact) mass is 183 g/mol. The molecule has 1 atom stereocenters. The maximum Gasteiger partial charge on any atom is 0.127 e. The molecule has 0 fully saturated rings. The first kappa shape index (κ1) is 9.99. The molecule has 0 heterocycles. The molecule has 3 N–H and O–H groups in total. The van der Waals surface area contributed by atoms with E-state index in [1.54, 1.807) is 6.07 Å². The van der Waals surface area contributed by atoms with Crippen LogP contribution in [-0.2, 0) is 6.42 Å². The van der Waals surface area contributed by atoms with Gasteiger partial charge in [0, 0.05) is 12.1 Å². The number of hydrogen-bond acceptors (Lipinski definition) is 2. The number of hydrogen-bond donors (Lipinski definition) is 2. The zero-order chi connectivity index (χ0) is 9.84. The first-order valence-corrected chi connectivity index (χ1v) is 4.32. The summed E-state index contributed by atoms with van der Waals surface area (Å²) in [7, 11) is 0. The molecule has 0 spiro atoms. The summed E-state index contributed by atoms with van der Waals surface area (Å²) in [6.45, 7) is 1.90. The fraction of sp³-hybridized carbons (Fsp3) is 0.400. The number of aromatic hydroxyl groups is 1. The summed E-state index contributed by atoms with van der Waals surface area (Å²) in [5.41, 5.74) is 6.35. The summed E-state index contributed by atoms with van der Waals surface area (Å²) in [5.74, 6) is -0.431. The summed E-state index contributed by atoms with van der Waals surface area (Å²) in [4.78, 5) is 0. The number of phenols is 1. The number of benzene rings is 1. The van der Waals surface area contributed by atoms with Gasteiger partial charge >= 0.3 is 0 Å². The van der Waals surface area contributed by atoms with Gasteiger partial charge in [0.2, 0.25) is 0 Å². The molecule has 1 aromatic carbocycles. The van der Waals surface area contributed by atoms with Crippen LogP contribution in [0, 0.1) is 5.82 Å². The number of aryl methyl sites for hydroxylation is 1. The average molecular weight is 183 g/mol. The van der Waals surface area contributed by atoms with Gasteiger partial charge in [-0.2, -0.15) is 0 Å². The summed E-state index contributed by atoms with van der Waals surface area (Å²) < 4.78 is 12.8. The smallest absolute Gasteiger partial charge is 0.127 e. The van der Waals surface area contributed by atoms with Gasteiger partial charge in [-0.25, -0.2) is 4.39 Å². The second-order valence-electron chi connectivity index (χ2n) is 3.33. The normalized spacial score (nSPS) is 12.8. The summed E-state index contributed by atoms with van der Waals surface area (Å²) in [6.07, 6.45) is 1.49. The Balaban J connectivity index is 2.66. The van der Waals surface area contributed by atoms with Crippen LogP contribution in [0.5, 0.6) is 5.75 Å². The van der Waals surface area contributed by atoms with Crippen LogP contribution in [0.2, 0.25) is 0 Å². The largest absolute Gasteiger partial charge is 0.508 e. The van der Waals surface area contributed by atoms with Gasteiger partial charge in [-0.15, -0.1) is 0 Å². The third kappa shape index (κ3) is 3.42. The first-order valence-electron chi connectivity index (χ1n) is 4.32. The number of nitrogens with two attached hydrogens (primary N) is 1. The quantitative estimate of drug-likeness (QED) is 0.750. The third-order valence-electron chi connectivity index (χ3n) is 1.83. The molecule has 0 aromatic heterocycles. The van der Waals surface area contributed by atoms with E-state index < -0.39 is 5.82 Å². The molecule has 72 valence electrons. The van der Waals surface area contributed by atoms with Gasteiger partial charge in [0.1, 0.15) is 11.6 Å². The zero-order valence-corrected chi connectivity index (χ0v) is 7.63. The van der Waals surface area contributed by atoms with E-state index in [1.807, 2.05) is 6.92 Å². The minimum atomic E-state index is -0.403. The van der Waals surface area contributed by atoms with Crippen molar-refractivity contribution in [3.05, 3.63) is 29.6 Å². The fourth-order valence-corrected chi connectivity index (χ4v) is 1.17. The summed E-state index contributed by atoms with van der Waals surface area (Å²) in [5, 5.41) is 9.09. The maximum absolute atomic E-state index is 12.8. The van der Waals surface area contributed by atoms with Crippen molar-refractivity contribution in [2.24, 2.45) is 5.73 Å². The van der Waals surface area contributed by atoms with Gasteiger partial charge in [-0.05, 0) is 37.5 Å². The van der Waals surface area contributed by atoms with Crippen LogP contribution in [-0.4, -0.2) is 11.1 Å². The molecule has 3 heteroatoms. The lowest BCUT2D eigenvalue weighted by Crippen LogP contribution is -2.15. The van der Waals surface area contributed by atoms with Crippen LogP contribution in [0.3, 0.4) is 0 Å². The van der Waals surface area contributed by atoms with E-state index in [1.165, 1.54) is 6.07 Å². The second-order valence-corrected chi connectivity index (χ2v) is 3.33. The standard InChI is InChI=1S/C10H14FNO/c1-7(12)2-3-8-4-9(11)6-10(13)5-8/h4-7,13H,2-3,12H2,1H3. The van der Waals surface area contributed by atoms with E-state index >= 15 is 0 Å². The molecule has 0 aliphatic heterocycles. The highest BCUT2D eigenvalue weighted by atomic mass is 19.1. The Morgan fingerprint density at radius 1 is 1.46 bits per heavy atom. The SMILES string of the molecule is CC(N)CCc1cc(O)cc(F)c1. The lowest BCUT2D eigenvalue weighted by atomic mass is 10.1. The molecule has 0 aliphatic rings. The predicted octanol–water partition coefficient (Wildman–Crippen LogP) is 1.81. The van der Waals surface area contributed by atoms with Crippen molar-refractivity contribution in [3.63, 3.8) is 0 Å². The Kier molecular flexibility index (Phi) is 3.25. The predicted molar refractivity (Wildman–Crippen MR) is 50.0 cm³/mol. The molecule has 0 saturated carbocycles. The van der Waals surface area contributed by atoms with E-state index in [2.05, 4.69) is 0 Å². The van der Waals surface area contributed by atoms with E-state index in [0.717, 1.165) is 18.1 Å². The third-order valence-corrected chi connectivity index (χ3v) is 1.83. The molecular formula is C10H14FNO. The van der Waals surface area contributed by atoms with E-state index in [0.29, 0.717) is 6.42 Å². The molecule has 2 nitrogen and oxygen atoms in total. The average Bonchev–Trinajstić information content (AvgIpc) is 1.99. The lowest BCUT2D eigenvalue weighted by Gasteiger charge is -2.05. The molecule has 0 amide bonds. The highest BCUT2D eigenvalue weighted by molar-refractivity contribution is 5.28. The highest BCUT2D eigenvalue weighted by Gasteiger charge is 2.01. The Bertz CT molecular complexity index is 266. The van der Waals surface area contributed by atoms with E-state index in [4.69, 9.17) is 10.8 Å². The topological polar surface area (TPSA) is 46.2 Å². The first-order chi connectivity index (χ1) is 6.08. The van der Waals surface area contributed by atoms with Crippen molar-refractivity contribution in [2.75, 3.05) is 0 Å². The summed E-state index contributed by atoms with van der Waals surface area (Å²) in [6, 6.07) is 4.17. The number of halogens is 1. The van der Waals surface area contributed by atoms with Crippen LogP contribution in [0.1, 0.15) is 18.9 Å². The Morgan fingerprint density at radius 3 is 2.69 bits per heavy atom. The Morgan fingerprint density at radius 2 is 2.15 bits per heavy atom. The van der Waals surface area contributed by atoms with Crippen LogP contribution in [0.4, 0.5) is 4.39 Å². The van der Waals surface area contributed by atoms with Gasteiger partial charge in [-0.1, -0.05) is 0 Å². The van der Waals surface area contributed by atoms with Crippen LogP contribution in [0.25, 0.3) is 0 Å². The Hall–Kier alpha value is -1.09. The molecule has 0 saturated heterocycles. The van der Waals surface area contributed by atoms with E-state index in [9.17, 15) is 4.39 Å². The van der Waals surface area contributed by atoms with Crippen molar-refractivity contribution >= 4 is 0 Å². The van der Waals surface area contributed by atoms with Crippen LogP contribution < -0.4 is 5.73 Å². The number of phenolic OH excluding ortho intramolecular Hbond substituents is 1. The fourth-order valence-electron chi connectivity index (χ4n) is 1.17. The van der Waals surface area contributed by atoms with Crippen LogP contribution >= 0.6 is 0 Å². The molecule has 0 bridgehead atoms. The highest BCUT2D eigenvalue weighted by Crippen LogP contribution is 2.15. The minimum Gasteiger partial charge on any atom is -0.508 e. The van der Waals surface area contributed by atoms with Gasteiger partial charge in [0.25, 0.3) is 0 Å².